The lowest BCUT2D eigenvalue weighted by atomic mass is 10.1. The molecule has 1 aliphatic heterocycles. The van der Waals surface area contributed by atoms with Crippen molar-refractivity contribution in [1.29, 1.82) is 0 Å². The number of pyridine rings is 1. The van der Waals surface area contributed by atoms with Gasteiger partial charge in [0.05, 0.1) is 22.6 Å². The first-order valence-electron chi connectivity index (χ1n) is 6.48. The average molecular weight is 269 g/mol. The van der Waals surface area contributed by atoms with E-state index in [0.717, 1.165) is 17.9 Å². The number of hydrogen-bond acceptors (Lipinski definition) is 4. The number of amides is 1. The molecular formula is C15H15N3O2. The molecule has 5 nitrogen and oxygen atoms in total. The summed E-state index contributed by atoms with van der Waals surface area (Å²) in [7, 11) is 0. The summed E-state index contributed by atoms with van der Waals surface area (Å²) in [4.78, 5) is 16.5. The first-order chi connectivity index (χ1) is 9.75. The van der Waals surface area contributed by atoms with Gasteiger partial charge in [0.25, 0.3) is 5.91 Å². The van der Waals surface area contributed by atoms with E-state index in [1.54, 1.807) is 18.3 Å². The highest BCUT2D eigenvalue weighted by Crippen LogP contribution is 2.31. The van der Waals surface area contributed by atoms with Crippen LogP contribution in [0.3, 0.4) is 0 Å². The van der Waals surface area contributed by atoms with Gasteiger partial charge in [0, 0.05) is 12.7 Å². The van der Waals surface area contributed by atoms with Gasteiger partial charge in [-0.05, 0) is 31.2 Å². The van der Waals surface area contributed by atoms with Crippen LogP contribution in [0.15, 0.2) is 36.5 Å². The maximum atomic E-state index is 12.4. The molecule has 0 atom stereocenters. The normalized spacial score (nSPS) is 12.8. The summed E-state index contributed by atoms with van der Waals surface area (Å²) < 4.78 is 5.60. The van der Waals surface area contributed by atoms with Gasteiger partial charge in [0.2, 0.25) is 0 Å². The minimum Gasteiger partial charge on any atom is -0.489 e. The summed E-state index contributed by atoms with van der Waals surface area (Å²) in [5.74, 6) is 0.416. The van der Waals surface area contributed by atoms with Crippen molar-refractivity contribution < 1.29 is 9.53 Å². The third-order valence-corrected chi connectivity index (χ3v) is 3.18. The van der Waals surface area contributed by atoms with Crippen molar-refractivity contribution in [3.8, 4) is 5.75 Å². The summed E-state index contributed by atoms with van der Waals surface area (Å²) in [5, 5.41) is 6.08. The van der Waals surface area contributed by atoms with Crippen molar-refractivity contribution in [2.75, 3.05) is 23.8 Å². The molecule has 20 heavy (non-hydrogen) atoms. The zero-order valence-corrected chi connectivity index (χ0v) is 11.1. The van der Waals surface area contributed by atoms with Crippen LogP contribution in [0.1, 0.15) is 16.1 Å². The fourth-order valence-corrected chi connectivity index (χ4v) is 2.16. The van der Waals surface area contributed by atoms with Crippen LogP contribution in [0.4, 0.5) is 11.4 Å². The van der Waals surface area contributed by atoms with Crippen LogP contribution in [0.2, 0.25) is 0 Å². The Labute approximate surface area is 117 Å². The number of carbonyl (C=O) groups excluding carboxylic acids is 1. The van der Waals surface area contributed by atoms with E-state index in [0.29, 0.717) is 23.6 Å². The van der Waals surface area contributed by atoms with E-state index in [2.05, 4.69) is 15.6 Å². The molecule has 0 bridgehead atoms. The summed E-state index contributed by atoms with van der Waals surface area (Å²) >= 11 is 0. The average Bonchev–Trinajstić information content (AvgIpc) is 2.49. The standard InChI is InChI=1S/C15H15N3O2/c1-10-12(6-3-7-16-10)18-15(19)11-4-2-5-13-14(11)20-9-8-17-13/h2-7,17H,8-9H2,1H3,(H,18,19). The lowest BCUT2D eigenvalue weighted by molar-refractivity contribution is 0.102. The summed E-state index contributed by atoms with van der Waals surface area (Å²) in [6.45, 7) is 3.16. The van der Waals surface area contributed by atoms with E-state index in [9.17, 15) is 4.79 Å². The van der Waals surface area contributed by atoms with Gasteiger partial charge in [0.1, 0.15) is 6.61 Å². The Morgan fingerprint density at radius 1 is 1.35 bits per heavy atom. The molecule has 1 aliphatic rings. The van der Waals surface area contributed by atoms with Crippen molar-refractivity contribution >= 4 is 17.3 Å². The number of aromatic nitrogens is 1. The van der Waals surface area contributed by atoms with E-state index in [4.69, 9.17) is 4.74 Å². The maximum Gasteiger partial charge on any atom is 0.259 e. The molecule has 0 unspecified atom stereocenters. The topological polar surface area (TPSA) is 63.2 Å². The van der Waals surface area contributed by atoms with Gasteiger partial charge in [-0.2, -0.15) is 0 Å². The van der Waals surface area contributed by atoms with Gasteiger partial charge in [0.15, 0.2) is 5.75 Å². The number of anilines is 2. The van der Waals surface area contributed by atoms with Crippen LogP contribution in [-0.2, 0) is 0 Å². The molecule has 1 aromatic carbocycles. The molecule has 1 amide bonds. The molecule has 2 N–H and O–H groups in total. The minimum atomic E-state index is -0.193. The van der Waals surface area contributed by atoms with Gasteiger partial charge >= 0.3 is 0 Å². The molecule has 1 aromatic heterocycles. The summed E-state index contributed by atoms with van der Waals surface area (Å²) in [5.41, 5.74) is 2.87. The van der Waals surface area contributed by atoms with Gasteiger partial charge < -0.3 is 15.4 Å². The quantitative estimate of drug-likeness (QED) is 0.879. The van der Waals surface area contributed by atoms with Crippen molar-refractivity contribution in [2.24, 2.45) is 0 Å². The van der Waals surface area contributed by atoms with Crippen molar-refractivity contribution in [2.45, 2.75) is 6.92 Å². The van der Waals surface area contributed by atoms with Crippen LogP contribution in [0.5, 0.6) is 5.75 Å². The van der Waals surface area contributed by atoms with Gasteiger partial charge in [-0.25, -0.2) is 0 Å². The summed E-state index contributed by atoms with van der Waals surface area (Å²) in [6, 6.07) is 9.12. The van der Waals surface area contributed by atoms with Gasteiger partial charge in [-0.3, -0.25) is 9.78 Å². The van der Waals surface area contributed by atoms with Gasteiger partial charge in [-0.15, -0.1) is 0 Å². The van der Waals surface area contributed by atoms with E-state index in [1.165, 1.54) is 0 Å². The maximum absolute atomic E-state index is 12.4. The predicted molar refractivity (Wildman–Crippen MR) is 77.4 cm³/mol. The van der Waals surface area contributed by atoms with Crippen LogP contribution >= 0.6 is 0 Å². The molecule has 2 aromatic rings. The van der Waals surface area contributed by atoms with Crippen LogP contribution in [0, 0.1) is 6.92 Å². The van der Waals surface area contributed by atoms with Crippen molar-refractivity contribution in [1.82, 2.24) is 4.98 Å². The Bertz CT molecular complexity index is 655. The number of fused-ring (bicyclic) bond motifs is 1. The molecule has 2 heterocycles. The zero-order chi connectivity index (χ0) is 13.9. The Morgan fingerprint density at radius 2 is 2.25 bits per heavy atom. The van der Waals surface area contributed by atoms with E-state index in [1.807, 2.05) is 25.1 Å². The second-order valence-corrected chi connectivity index (χ2v) is 4.55. The number of nitrogens with one attached hydrogen (secondary N) is 2. The number of nitrogens with zero attached hydrogens (tertiary/aromatic N) is 1. The van der Waals surface area contributed by atoms with E-state index in [-0.39, 0.29) is 5.91 Å². The lowest BCUT2D eigenvalue weighted by Gasteiger charge is -2.21. The Morgan fingerprint density at radius 3 is 3.10 bits per heavy atom. The summed E-state index contributed by atoms with van der Waals surface area (Å²) in [6.07, 6.45) is 1.70. The highest BCUT2D eigenvalue weighted by atomic mass is 16.5. The Kier molecular flexibility index (Phi) is 3.25. The van der Waals surface area contributed by atoms with E-state index < -0.39 is 0 Å². The number of carbonyl (C=O) groups is 1. The highest BCUT2D eigenvalue weighted by molar-refractivity contribution is 6.07. The van der Waals surface area contributed by atoms with E-state index >= 15 is 0 Å². The molecule has 102 valence electrons. The third kappa shape index (κ3) is 2.30. The van der Waals surface area contributed by atoms with Crippen molar-refractivity contribution in [3.05, 3.63) is 47.8 Å². The molecule has 0 fully saturated rings. The SMILES string of the molecule is Cc1ncccc1NC(=O)c1cccc2c1OCCN2. The van der Waals surface area contributed by atoms with Crippen LogP contribution < -0.4 is 15.4 Å². The first-order valence-corrected chi connectivity index (χ1v) is 6.48. The smallest absolute Gasteiger partial charge is 0.259 e. The first kappa shape index (κ1) is 12.5. The molecular weight excluding hydrogens is 254 g/mol. The van der Waals surface area contributed by atoms with Gasteiger partial charge in [-0.1, -0.05) is 6.07 Å². The van der Waals surface area contributed by atoms with Crippen molar-refractivity contribution in [3.63, 3.8) is 0 Å². The monoisotopic (exact) mass is 269 g/mol. The molecule has 0 radical (unpaired) electrons. The van der Waals surface area contributed by atoms with Crippen LogP contribution in [0.25, 0.3) is 0 Å². The number of para-hydroxylation sites is 1. The second kappa shape index (κ2) is 5.21. The molecule has 3 rings (SSSR count). The number of ether oxygens (including phenoxy) is 1. The Balaban J connectivity index is 1.90. The second-order valence-electron chi connectivity index (χ2n) is 4.55. The number of aryl methyl sites for hydroxylation is 1. The molecule has 0 saturated carbocycles. The highest BCUT2D eigenvalue weighted by Gasteiger charge is 2.19. The molecule has 5 heteroatoms. The zero-order valence-electron chi connectivity index (χ0n) is 11.1. The number of hydrogen-bond donors (Lipinski definition) is 2. The predicted octanol–water partition coefficient (Wildman–Crippen LogP) is 2.45. The molecule has 0 aliphatic carbocycles. The number of benzene rings is 1. The largest absolute Gasteiger partial charge is 0.489 e. The number of rotatable bonds is 2. The Hall–Kier alpha value is -2.56. The molecule has 0 saturated heterocycles. The van der Waals surface area contributed by atoms with Crippen LogP contribution in [-0.4, -0.2) is 24.0 Å². The third-order valence-electron chi connectivity index (χ3n) is 3.18. The fourth-order valence-electron chi connectivity index (χ4n) is 2.16. The fraction of sp³-hybridized carbons (Fsp3) is 0.200. The molecule has 0 spiro atoms. The lowest BCUT2D eigenvalue weighted by Crippen LogP contribution is -2.22. The minimum absolute atomic E-state index is 0.193.